The number of amides is 1. The van der Waals surface area contributed by atoms with Gasteiger partial charge in [0.1, 0.15) is 0 Å². The van der Waals surface area contributed by atoms with Gasteiger partial charge in [0, 0.05) is 23.6 Å². The number of aromatic nitrogens is 1. The molecule has 29 heavy (non-hydrogen) atoms. The first kappa shape index (κ1) is 20.7. The van der Waals surface area contributed by atoms with Crippen molar-refractivity contribution in [1.82, 2.24) is 10.3 Å². The first-order valence-corrected chi connectivity index (χ1v) is 9.93. The number of carbonyl (C=O) groups is 1. The van der Waals surface area contributed by atoms with E-state index in [0.717, 1.165) is 12.1 Å². The predicted octanol–water partition coefficient (Wildman–Crippen LogP) is 5.10. The fourth-order valence-corrected chi connectivity index (χ4v) is 3.11. The van der Waals surface area contributed by atoms with Gasteiger partial charge in [-0.05, 0) is 77.1 Å². The van der Waals surface area contributed by atoms with Crippen LogP contribution in [0.5, 0.6) is 0 Å². The van der Waals surface area contributed by atoms with Crippen molar-refractivity contribution < 1.29 is 4.79 Å². The summed E-state index contributed by atoms with van der Waals surface area (Å²) in [6.07, 6.45) is 4.43. The Morgan fingerprint density at radius 2 is 1.48 bits per heavy atom. The number of pyridine rings is 1. The molecular formula is C24H25N3OS. The van der Waals surface area contributed by atoms with Crippen LogP contribution in [0.4, 0.5) is 5.69 Å². The molecule has 0 saturated heterocycles. The van der Waals surface area contributed by atoms with E-state index in [1.54, 1.807) is 12.4 Å². The zero-order chi connectivity index (χ0) is 20.9. The maximum Gasteiger partial charge on any atom is 0.257 e. The van der Waals surface area contributed by atoms with Crippen LogP contribution in [0.15, 0.2) is 73.1 Å². The molecule has 2 aromatic carbocycles. The number of nitrogens with zero attached hydrogens (tertiary/aromatic N) is 1. The molecule has 1 aromatic heterocycles. The lowest BCUT2D eigenvalue weighted by Gasteiger charge is -2.19. The van der Waals surface area contributed by atoms with Gasteiger partial charge in [0.05, 0.1) is 0 Å². The van der Waals surface area contributed by atoms with Crippen molar-refractivity contribution in [2.75, 3.05) is 5.32 Å². The molecule has 0 atom stereocenters. The summed E-state index contributed by atoms with van der Waals surface area (Å²) in [5, 5.41) is 6.07. The topological polar surface area (TPSA) is 54.0 Å². The lowest BCUT2D eigenvalue weighted by molar-refractivity contribution is 0.0977. The highest BCUT2D eigenvalue weighted by Crippen LogP contribution is 2.22. The number of thiocarbonyl (C=S) groups is 1. The Balaban J connectivity index is 1.55. The fraction of sp³-hybridized carbons (Fsp3) is 0.208. The Labute approximate surface area is 177 Å². The van der Waals surface area contributed by atoms with E-state index in [0.29, 0.717) is 5.56 Å². The van der Waals surface area contributed by atoms with Gasteiger partial charge < -0.3 is 5.32 Å². The van der Waals surface area contributed by atoms with Gasteiger partial charge in [-0.3, -0.25) is 15.1 Å². The number of hydrogen-bond donors (Lipinski definition) is 2. The molecule has 0 unspecified atom stereocenters. The van der Waals surface area contributed by atoms with Crippen molar-refractivity contribution in [3.05, 3.63) is 95.3 Å². The Kier molecular flexibility index (Phi) is 6.39. The van der Waals surface area contributed by atoms with Crippen molar-refractivity contribution in [2.45, 2.75) is 32.6 Å². The molecule has 2 N–H and O–H groups in total. The third kappa shape index (κ3) is 5.96. The SMILES string of the molecule is CC(C)(C)c1ccc(C(=O)NC(=S)Nc2ccc(Cc3ccncc3)cc2)cc1. The van der Waals surface area contributed by atoms with Crippen LogP contribution in [-0.4, -0.2) is 16.0 Å². The highest BCUT2D eigenvalue weighted by Gasteiger charge is 2.14. The summed E-state index contributed by atoms with van der Waals surface area (Å²) in [5.74, 6) is -0.225. The van der Waals surface area contributed by atoms with Crippen molar-refractivity contribution in [2.24, 2.45) is 0 Å². The Morgan fingerprint density at radius 3 is 2.07 bits per heavy atom. The summed E-state index contributed by atoms with van der Waals surface area (Å²) in [4.78, 5) is 16.5. The number of nitrogens with one attached hydrogen (secondary N) is 2. The highest BCUT2D eigenvalue weighted by atomic mass is 32.1. The van der Waals surface area contributed by atoms with Crippen molar-refractivity contribution >= 4 is 28.9 Å². The molecule has 1 amide bonds. The first-order chi connectivity index (χ1) is 13.8. The van der Waals surface area contributed by atoms with E-state index < -0.39 is 0 Å². The molecule has 0 radical (unpaired) electrons. The highest BCUT2D eigenvalue weighted by molar-refractivity contribution is 7.80. The zero-order valence-corrected chi connectivity index (χ0v) is 17.7. The third-order valence-corrected chi connectivity index (χ3v) is 4.81. The van der Waals surface area contributed by atoms with Gasteiger partial charge in [0.25, 0.3) is 5.91 Å². The number of hydrogen-bond acceptors (Lipinski definition) is 3. The molecule has 0 aliphatic heterocycles. The number of benzene rings is 2. The Bertz CT molecular complexity index is 975. The first-order valence-electron chi connectivity index (χ1n) is 9.52. The largest absolute Gasteiger partial charge is 0.332 e. The smallest absolute Gasteiger partial charge is 0.257 e. The van der Waals surface area contributed by atoms with Crippen molar-refractivity contribution in [3.63, 3.8) is 0 Å². The van der Waals surface area contributed by atoms with Crippen molar-refractivity contribution in [3.8, 4) is 0 Å². The van der Waals surface area contributed by atoms with Crippen LogP contribution in [0.1, 0.15) is 47.8 Å². The standard InChI is InChI=1S/C24H25N3OS/c1-24(2,3)20-8-6-19(7-9-20)22(28)27-23(29)26-21-10-4-17(5-11-21)16-18-12-14-25-15-13-18/h4-15H,16H2,1-3H3,(H2,26,27,28,29). The zero-order valence-electron chi connectivity index (χ0n) is 16.9. The molecule has 148 valence electrons. The van der Waals surface area contributed by atoms with Gasteiger partial charge in [-0.15, -0.1) is 0 Å². The van der Waals surface area contributed by atoms with Gasteiger partial charge in [-0.2, -0.15) is 0 Å². The molecule has 0 spiro atoms. The molecule has 0 bridgehead atoms. The van der Waals surface area contributed by atoms with Crippen molar-refractivity contribution in [1.29, 1.82) is 0 Å². The van der Waals surface area contributed by atoms with E-state index in [-0.39, 0.29) is 16.4 Å². The summed E-state index contributed by atoms with van der Waals surface area (Å²) in [6.45, 7) is 6.43. The van der Waals surface area contributed by atoms with Gasteiger partial charge in [0.15, 0.2) is 5.11 Å². The second-order valence-electron chi connectivity index (χ2n) is 7.96. The van der Waals surface area contributed by atoms with Crippen LogP contribution in [0, 0.1) is 0 Å². The summed E-state index contributed by atoms with van der Waals surface area (Å²) < 4.78 is 0. The van der Waals surface area contributed by atoms with E-state index >= 15 is 0 Å². The van der Waals surface area contributed by atoms with E-state index in [4.69, 9.17) is 12.2 Å². The van der Waals surface area contributed by atoms with Gasteiger partial charge >= 0.3 is 0 Å². The lowest BCUT2D eigenvalue weighted by Crippen LogP contribution is -2.34. The monoisotopic (exact) mass is 403 g/mol. The maximum absolute atomic E-state index is 12.4. The number of rotatable bonds is 4. The lowest BCUT2D eigenvalue weighted by atomic mass is 9.87. The normalized spacial score (nSPS) is 11.0. The third-order valence-electron chi connectivity index (χ3n) is 4.61. The average Bonchev–Trinajstić information content (AvgIpc) is 2.69. The molecule has 4 nitrogen and oxygen atoms in total. The maximum atomic E-state index is 12.4. The minimum absolute atomic E-state index is 0.0510. The van der Waals surface area contributed by atoms with Crippen LogP contribution < -0.4 is 10.6 Å². The molecule has 1 heterocycles. The second-order valence-corrected chi connectivity index (χ2v) is 8.37. The van der Waals surface area contributed by atoms with Crippen LogP contribution in [-0.2, 0) is 11.8 Å². The second kappa shape index (κ2) is 8.97. The number of anilines is 1. The molecule has 3 rings (SSSR count). The van der Waals surface area contributed by atoms with Crippen LogP contribution >= 0.6 is 12.2 Å². The summed E-state index contributed by atoms with van der Waals surface area (Å²) >= 11 is 5.29. The van der Waals surface area contributed by atoms with E-state index in [2.05, 4.69) is 36.4 Å². The summed E-state index contributed by atoms with van der Waals surface area (Å²) in [7, 11) is 0. The van der Waals surface area contributed by atoms with Gasteiger partial charge in [-0.1, -0.05) is 45.0 Å². The number of carbonyl (C=O) groups excluding carboxylic acids is 1. The fourth-order valence-electron chi connectivity index (χ4n) is 2.90. The van der Waals surface area contributed by atoms with E-state index in [1.807, 2.05) is 60.7 Å². The minimum Gasteiger partial charge on any atom is -0.332 e. The summed E-state index contributed by atoms with van der Waals surface area (Å²) in [5.41, 5.74) is 5.04. The van der Waals surface area contributed by atoms with Crippen LogP contribution in [0.2, 0.25) is 0 Å². The van der Waals surface area contributed by atoms with Gasteiger partial charge in [-0.25, -0.2) is 0 Å². The molecule has 0 aliphatic carbocycles. The molecule has 0 aliphatic rings. The predicted molar refractivity (Wildman–Crippen MR) is 122 cm³/mol. The minimum atomic E-state index is -0.225. The molecular weight excluding hydrogens is 378 g/mol. The molecule has 0 saturated carbocycles. The average molecular weight is 404 g/mol. The summed E-state index contributed by atoms with van der Waals surface area (Å²) in [6, 6.07) is 19.6. The van der Waals surface area contributed by atoms with E-state index in [1.165, 1.54) is 16.7 Å². The quantitative estimate of drug-likeness (QED) is 0.595. The molecule has 3 aromatic rings. The molecule has 5 heteroatoms. The molecule has 0 fully saturated rings. The Hall–Kier alpha value is -3.05. The van der Waals surface area contributed by atoms with Gasteiger partial charge in [0.2, 0.25) is 0 Å². The van der Waals surface area contributed by atoms with E-state index in [9.17, 15) is 4.79 Å². The van der Waals surface area contributed by atoms with Crippen LogP contribution in [0.3, 0.4) is 0 Å². The van der Waals surface area contributed by atoms with Crippen LogP contribution in [0.25, 0.3) is 0 Å². The Morgan fingerprint density at radius 1 is 0.897 bits per heavy atom.